The lowest BCUT2D eigenvalue weighted by molar-refractivity contribution is -0.122. The highest BCUT2D eigenvalue weighted by Gasteiger charge is 2.10. The van der Waals surface area contributed by atoms with Gasteiger partial charge in [0.2, 0.25) is 5.91 Å². The first-order chi connectivity index (χ1) is 11.1. The number of carbonyl (C=O) groups is 2. The summed E-state index contributed by atoms with van der Waals surface area (Å²) >= 11 is 3.22. The Labute approximate surface area is 141 Å². The van der Waals surface area contributed by atoms with Crippen molar-refractivity contribution in [2.75, 3.05) is 13.7 Å². The van der Waals surface area contributed by atoms with E-state index in [9.17, 15) is 9.59 Å². The van der Waals surface area contributed by atoms with Crippen molar-refractivity contribution in [3.8, 4) is 11.5 Å². The lowest BCUT2D eigenvalue weighted by Gasteiger charge is -2.10. The summed E-state index contributed by atoms with van der Waals surface area (Å²) in [6.07, 6.45) is 1.71. The van der Waals surface area contributed by atoms with Crippen LogP contribution >= 0.6 is 15.9 Å². The quantitative estimate of drug-likeness (QED) is 0.667. The largest absolute Gasteiger partial charge is 0.493 e. The maximum atomic E-state index is 11.7. The number of ether oxygens (including phenoxy) is 2. The van der Waals surface area contributed by atoms with Crippen LogP contribution in [0.3, 0.4) is 0 Å². The van der Waals surface area contributed by atoms with Crippen LogP contribution in [0.5, 0.6) is 11.5 Å². The van der Waals surface area contributed by atoms with Crippen molar-refractivity contribution in [1.29, 1.82) is 0 Å². The Bertz CT molecular complexity index is 687. The third-order valence-electron chi connectivity index (χ3n) is 2.86. The van der Waals surface area contributed by atoms with Crippen LogP contribution in [0.4, 0.5) is 0 Å². The van der Waals surface area contributed by atoms with E-state index in [1.165, 1.54) is 0 Å². The number of amides is 2. The van der Waals surface area contributed by atoms with E-state index in [2.05, 4.69) is 31.8 Å². The first kappa shape index (κ1) is 16.9. The van der Waals surface area contributed by atoms with E-state index >= 15 is 0 Å². The third-order valence-corrected chi connectivity index (χ3v) is 3.32. The number of benzene rings is 1. The number of hydrogen-bond donors (Lipinski definition) is 3. The van der Waals surface area contributed by atoms with Crippen molar-refractivity contribution < 1.29 is 19.1 Å². The van der Waals surface area contributed by atoms with E-state index in [0.29, 0.717) is 17.2 Å². The summed E-state index contributed by atoms with van der Waals surface area (Å²) < 4.78 is 11.4. The number of H-pyrrole nitrogens is 1. The molecule has 0 aliphatic heterocycles. The van der Waals surface area contributed by atoms with Crippen LogP contribution in [0.25, 0.3) is 0 Å². The van der Waals surface area contributed by atoms with Gasteiger partial charge < -0.3 is 14.5 Å². The molecule has 0 aliphatic rings. The zero-order chi connectivity index (χ0) is 16.7. The summed E-state index contributed by atoms with van der Waals surface area (Å²) in [6, 6.07) is 8.76. The normalized spacial score (nSPS) is 10.0. The Balaban J connectivity index is 1.72. The van der Waals surface area contributed by atoms with E-state index in [-0.39, 0.29) is 18.9 Å². The highest BCUT2D eigenvalue weighted by Crippen LogP contribution is 2.25. The molecular formula is C15H16BrN3O4. The molecule has 2 aromatic rings. The van der Waals surface area contributed by atoms with Crippen molar-refractivity contribution in [3.05, 3.63) is 46.7 Å². The molecule has 7 nitrogen and oxygen atoms in total. The van der Waals surface area contributed by atoms with Gasteiger partial charge in [-0.05, 0) is 34.1 Å². The smallest absolute Gasteiger partial charge is 0.286 e. The fourth-order valence-electron chi connectivity index (χ4n) is 1.75. The highest BCUT2D eigenvalue weighted by atomic mass is 79.9. The van der Waals surface area contributed by atoms with Gasteiger partial charge in [-0.3, -0.25) is 20.4 Å². The molecule has 23 heavy (non-hydrogen) atoms. The first-order valence-corrected chi connectivity index (χ1v) is 7.58. The van der Waals surface area contributed by atoms with Crippen molar-refractivity contribution in [2.24, 2.45) is 0 Å². The van der Waals surface area contributed by atoms with E-state index in [0.717, 1.165) is 4.47 Å². The van der Waals surface area contributed by atoms with Gasteiger partial charge in [-0.1, -0.05) is 12.1 Å². The predicted octanol–water partition coefficient (Wildman–Crippen LogP) is 2.02. The van der Waals surface area contributed by atoms with Crippen molar-refractivity contribution in [1.82, 2.24) is 15.8 Å². The Hall–Kier alpha value is -2.48. The van der Waals surface area contributed by atoms with Gasteiger partial charge in [0, 0.05) is 10.7 Å². The minimum atomic E-state index is -0.435. The van der Waals surface area contributed by atoms with Gasteiger partial charge in [0.15, 0.2) is 11.5 Å². The molecule has 122 valence electrons. The number of rotatable bonds is 6. The van der Waals surface area contributed by atoms with Crippen LogP contribution in [0, 0.1) is 0 Å². The van der Waals surface area contributed by atoms with Gasteiger partial charge in [0.05, 0.1) is 20.1 Å². The molecule has 0 atom stereocenters. The summed E-state index contributed by atoms with van der Waals surface area (Å²) in [7, 11) is 1.55. The third kappa shape index (κ3) is 5.03. The molecule has 2 amide bonds. The van der Waals surface area contributed by atoms with E-state index in [1.54, 1.807) is 31.5 Å². The molecule has 0 fully saturated rings. The van der Waals surface area contributed by atoms with Crippen molar-refractivity contribution in [2.45, 2.75) is 6.42 Å². The number of aromatic amines is 1. The number of hydrazine groups is 1. The lowest BCUT2D eigenvalue weighted by Crippen LogP contribution is -2.42. The van der Waals surface area contributed by atoms with Crippen LogP contribution in [0.15, 0.2) is 41.0 Å². The van der Waals surface area contributed by atoms with E-state index in [4.69, 9.17) is 9.47 Å². The fraction of sp³-hybridized carbons (Fsp3) is 0.200. The SMILES string of the molecule is COc1ccccc1OCCC(=O)NNC(=O)c1cc(Br)c[nH]1. The molecule has 0 aliphatic carbocycles. The Morgan fingerprint density at radius 2 is 1.96 bits per heavy atom. The Kier molecular flexibility index (Phi) is 6.04. The second-order valence-electron chi connectivity index (χ2n) is 4.48. The molecule has 0 saturated carbocycles. The summed E-state index contributed by atoms with van der Waals surface area (Å²) in [6.45, 7) is 0.163. The van der Waals surface area contributed by atoms with Crippen LogP contribution in [-0.2, 0) is 4.79 Å². The summed E-state index contributed by atoms with van der Waals surface area (Å²) in [5.41, 5.74) is 4.97. The van der Waals surface area contributed by atoms with Crippen LogP contribution < -0.4 is 20.3 Å². The van der Waals surface area contributed by atoms with Gasteiger partial charge in [0.1, 0.15) is 5.69 Å². The predicted molar refractivity (Wildman–Crippen MR) is 87.2 cm³/mol. The molecule has 0 saturated heterocycles. The molecule has 0 radical (unpaired) electrons. The number of halogens is 1. The molecule has 1 aromatic heterocycles. The summed E-state index contributed by atoms with van der Waals surface area (Å²) in [5, 5.41) is 0. The molecule has 0 unspecified atom stereocenters. The van der Waals surface area contributed by atoms with Gasteiger partial charge in [-0.2, -0.15) is 0 Å². The number of hydrogen-bond acceptors (Lipinski definition) is 4. The molecule has 0 bridgehead atoms. The summed E-state index contributed by atoms with van der Waals surface area (Å²) in [5.74, 6) is 0.357. The Morgan fingerprint density at radius 1 is 1.22 bits per heavy atom. The van der Waals surface area contributed by atoms with Crippen molar-refractivity contribution >= 4 is 27.7 Å². The zero-order valence-electron chi connectivity index (χ0n) is 12.4. The van der Waals surface area contributed by atoms with E-state index in [1.807, 2.05) is 12.1 Å². The first-order valence-electron chi connectivity index (χ1n) is 6.79. The average Bonchev–Trinajstić information content (AvgIpc) is 2.99. The molecule has 1 aromatic carbocycles. The maximum Gasteiger partial charge on any atom is 0.286 e. The maximum absolute atomic E-state index is 11.7. The summed E-state index contributed by atoms with van der Waals surface area (Å²) in [4.78, 5) is 26.1. The second kappa shape index (κ2) is 8.23. The minimum Gasteiger partial charge on any atom is -0.493 e. The molecule has 2 rings (SSSR count). The number of nitrogens with one attached hydrogen (secondary N) is 3. The monoisotopic (exact) mass is 381 g/mol. The lowest BCUT2D eigenvalue weighted by atomic mass is 10.3. The molecular weight excluding hydrogens is 366 g/mol. The van der Waals surface area contributed by atoms with E-state index < -0.39 is 5.91 Å². The number of para-hydroxylation sites is 2. The zero-order valence-corrected chi connectivity index (χ0v) is 14.0. The average molecular weight is 382 g/mol. The Morgan fingerprint density at radius 3 is 2.61 bits per heavy atom. The van der Waals surface area contributed by atoms with Gasteiger partial charge in [-0.15, -0.1) is 0 Å². The number of aromatic nitrogens is 1. The minimum absolute atomic E-state index is 0.0900. The van der Waals surface area contributed by atoms with Crippen molar-refractivity contribution in [3.63, 3.8) is 0 Å². The number of carbonyl (C=O) groups excluding carboxylic acids is 2. The molecule has 1 heterocycles. The standard InChI is InChI=1S/C15H16BrN3O4/c1-22-12-4-2-3-5-13(12)23-7-6-14(20)18-19-15(21)11-8-10(16)9-17-11/h2-5,8-9,17H,6-7H2,1H3,(H,18,20)(H,19,21). The van der Waals surface area contributed by atoms with Gasteiger partial charge in [0.25, 0.3) is 5.91 Å². The van der Waals surface area contributed by atoms with Crippen LogP contribution in [0.1, 0.15) is 16.9 Å². The van der Waals surface area contributed by atoms with Crippen LogP contribution in [-0.4, -0.2) is 30.5 Å². The molecule has 8 heteroatoms. The topological polar surface area (TPSA) is 92.4 Å². The highest BCUT2D eigenvalue weighted by molar-refractivity contribution is 9.10. The second-order valence-corrected chi connectivity index (χ2v) is 5.40. The molecule has 0 spiro atoms. The van der Waals surface area contributed by atoms with Crippen LogP contribution in [0.2, 0.25) is 0 Å². The van der Waals surface area contributed by atoms with Gasteiger partial charge >= 0.3 is 0 Å². The molecule has 3 N–H and O–H groups in total. The fourth-order valence-corrected chi connectivity index (χ4v) is 2.09. The number of methoxy groups -OCH3 is 1. The van der Waals surface area contributed by atoms with Gasteiger partial charge in [-0.25, -0.2) is 0 Å².